The Morgan fingerprint density at radius 3 is 3.04 bits per heavy atom. The summed E-state index contributed by atoms with van der Waals surface area (Å²) in [7, 11) is 0. The number of nitriles is 1. The van der Waals surface area contributed by atoms with Gasteiger partial charge in [0.25, 0.3) is 6.43 Å². The number of alkyl halides is 2. The van der Waals surface area contributed by atoms with Crippen LogP contribution in [0, 0.1) is 11.3 Å². The van der Waals surface area contributed by atoms with E-state index < -0.39 is 6.43 Å². The Labute approximate surface area is 152 Å². The fraction of sp³-hybridized carbons (Fsp3) is 0.353. The topological polar surface area (TPSA) is 80.6 Å². The van der Waals surface area contributed by atoms with Crippen LogP contribution in [-0.4, -0.2) is 47.1 Å². The summed E-state index contributed by atoms with van der Waals surface area (Å²) >= 11 is 6.45. The van der Waals surface area contributed by atoms with E-state index in [1.54, 1.807) is 18.5 Å². The molecule has 0 aromatic carbocycles. The van der Waals surface area contributed by atoms with Crippen LogP contribution < -0.4 is 10.2 Å². The zero-order chi connectivity index (χ0) is 18.3. The highest BCUT2D eigenvalue weighted by Crippen LogP contribution is 2.39. The van der Waals surface area contributed by atoms with Gasteiger partial charge >= 0.3 is 0 Å². The lowest BCUT2D eigenvalue weighted by Crippen LogP contribution is -2.35. The van der Waals surface area contributed by atoms with Crippen molar-refractivity contribution in [3.05, 3.63) is 29.2 Å². The van der Waals surface area contributed by atoms with Gasteiger partial charge in [-0.3, -0.25) is 0 Å². The summed E-state index contributed by atoms with van der Waals surface area (Å²) in [6.07, 6.45) is 1.56. The van der Waals surface area contributed by atoms with E-state index in [-0.39, 0.29) is 12.6 Å². The van der Waals surface area contributed by atoms with Crippen molar-refractivity contribution < 1.29 is 8.78 Å². The Bertz CT molecular complexity index is 1010. The lowest BCUT2D eigenvalue weighted by molar-refractivity contribution is 0.142. The SMILES string of the molecule is N#Cc1cc2c(cn1)[nH]c1ncc(Cl)c(N3CC[C@H](NCC(F)F)C3)c12. The molecule has 0 amide bonds. The summed E-state index contributed by atoms with van der Waals surface area (Å²) in [6, 6.07) is 3.72. The normalized spacial score (nSPS) is 17.5. The molecule has 6 nitrogen and oxygen atoms in total. The van der Waals surface area contributed by atoms with Crippen molar-refractivity contribution in [2.45, 2.75) is 18.9 Å². The Balaban J connectivity index is 1.77. The Morgan fingerprint density at radius 1 is 1.42 bits per heavy atom. The first-order valence-electron chi connectivity index (χ1n) is 8.19. The lowest BCUT2D eigenvalue weighted by Gasteiger charge is -2.21. The van der Waals surface area contributed by atoms with Crippen LogP contribution in [-0.2, 0) is 0 Å². The van der Waals surface area contributed by atoms with Crippen LogP contribution in [0.2, 0.25) is 5.02 Å². The summed E-state index contributed by atoms with van der Waals surface area (Å²) in [5, 5.41) is 14.2. The predicted octanol–water partition coefficient (Wildman–Crippen LogP) is 3.07. The van der Waals surface area contributed by atoms with E-state index in [0.29, 0.717) is 29.5 Å². The first kappa shape index (κ1) is 16.9. The number of rotatable bonds is 4. The first-order chi connectivity index (χ1) is 12.6. The summed E-state index contributed by atoms with van der Waals surface area (Å²) < 4.78 is 24.9. The molecule has 4 heterocycles. The second kappa shape index (κ2) is 6.67. The van der Waals surface area contributed by atoms with Crippen LogP contribution >= 0.6 is 11.6 Å². The number of anilines is 1. The van der Waals surface area contributed by atoms with Gasteiger partial charge in [0.1, 0.15) is 17.4 Å². The van der Waals surface area contributed by atoms with E-state index in [4.69, 9.17) is 16.9 Å². The van der Waals surface area contributed by atoms with Crippen molar-refractivity contribution >= 4 is 39.2 Å². The minimum Gasteiger partial charge on any atom is -0.368 e. The van der Waals surface area contributed by atoms with Crippen molar-refractivity contribution in [3.8, 4) is 6.07 Å². The lowest BCUT2D eigenvalue weighted by atomic mass is 10.1. The molecule has 1 fully saturated rings. The molecule has 1 saturated heterocycles. The second-order valence-corrected chi connectivity index (χ2v) is 6.67. The van der Waals surface area contributed by atoms with Gasteiger partial charge in [-0.1, -0.05) is 11.6 Å². The van der Waals surface area contributed by atoms with E-state index in [1.165, 1.54) is 0 Å². The van der Waals surface area contributed by atoms with Gasteiger partial charge in [-0.25, -0.2) is 18.7 Å². The molecule has 134 valence electrons. The fourth-order valence-corrected chi connectivity index (χ4v) is 3.74. The van der Waals surface area contributed by atoms with E-state index in [2.05, 4.69) is 25.2 Å². The van der Waals surface area contributed by atoms with E-state index in [9.17, 15) is 8.78 Å². The fourth-order valence-electron chi connectivity index (χ4n) is 3.47. The van der Waals surface area contributed by atoms with Crippen molar-refractivity contribution in [3.63, 3.8) is 0 Å². The number of fused-ring (bicyclic) bond motifs is 3. The maximum Gasteiger partial charge on any atom is 0.250 e. The number of halogens is 3. The third-order valence-corrected chi connectivity index (χ3v) is 4.89. The molecule has 3 aromatic heterocycles. The number of pyridine rings is 2. The summed E-state index contributed by atoms with van der Waals surface area (Å²) in [5.41, 5.74) is 2.53. The summed E-state index contributed by atoms with van der Waals surface area (Å²) in [6.45, 7) is 0.958. The minimum absolute atomic E-state index is 0.0233. The number of hydrogen-bond donors (Lipinski definition) is 2. The van der Waals surface area contributed by atoms with Crippen molar-refractivity contribution in [2.75, 3.05) is 24.5 Å². The third kappa shape index (κ3) is 2.93. The number of nitrogens with zero attached hydrogens (tertiary/aromatic N) is 4. The molecule has 0 radical (unpaired) electrons. The highest BCUT2D eigenvalue weighted by Gasteiger charge is 2.27. The molecule has 26 heavy (non-hydrogen) atoms. The Kier molecular flexibility index (Phi) is 4.34. The number of hydrogen-bond acceptors (Lipinski definition) is 5. The number of aromatic nitrogens is 3. The molecule has 1 aliphatic heterocycles. The smallest absolute Gasteiger partial charge is 0.250 e. The van der Waals surface area contributed by atoms with Crippen LogP contribution in [0.5, 0.6) is 0 Å². The van der Waals surface area contributed by atoms with Gasteiger partial charge in [0.05, 0.1) is 40.6 Å². The Morgan fingerprint density at radius 2 is 2.27 bits per heavy atom. The zero-order valence-corrected chi connectivity index (χ0v) is 14.4. The average Bonchev–Trinajstić information content (AvgIpc) is 3.24. The molecule has 3 aromatic rings. The summed E-state index contributed by atoms with van der Waals surface area (Å²) in [5.74, 6) is 0. The molecule has 2 N–H and O–H groups in total. The average molecular weight is 377 g/mol. The third-order valence-electron chi connectivity index (χ3n) is 4.61. The van der Waals surface area contributed by atoms with E-state index in [0.717, 1.165) is 28.4 Å². The molecule has 0 unspecified atom stereocenters. The van der Waals surface area contributed by atoms with Crippen LogP contribution in [0.3, 0.4) is 0 Å². The molecule has 9 heteroatoms. The first-order valence-corrected chi connectivity index (χ1v) is 8.57. The van der Waals surface area contributed by atoms with Gasteiger partial charge in [0.15, 0.2) is 0 Å². The molecular weight excluding hydrogens is 362 g/mol. The number of aromatic amines is 1. The van der Waals surface area contributed by atoms with Crippen LogP contribution in [0.1, 0.15) is 12.1 Å². The minimum atomic E-state index is -2.37. The largest absolute Gasteiger partial charge is 0.368 e. The van der Waals surface area contributed by atoms with Crippen molar-refractivity contribution in [1.29, 1.82) is 5.26 Å². The van der Waals surface area contributed by atoms with Crippen LogP contribution in [0.25, 0.3) is 21.9 Å². The van der Waals surface area contributed by atoms with Gasteiger partial charge < -0.3 is 15.2 Å². The molecule has 4 rings (SSSR count). The number of H-pyrrole nitrogens is 1. The maximum atomic E-state index is 12.4. The highest BCUT2D eigenvalue weighted by molar-refractivity contribution is 6.35. The highest BCUT2D eigenvalue weighted by atomic mass is 35.5. The van der Waals surface area contributed by atoms with Crippen LogP contribution in [0.15, 0.2) is 18.5 Å². The van der Waals surface area contributed by atoms with Gasteiger partial charge in [-0.2, -0.15) is 5.26 Å². The van der Waals surface area contributed by atoms with Crippen molar-refractivity contribution in [1.82, 2.24) is 20.3 Å². The van der Waals surface area contributed by atoms with Gasteiger partial charge in [0.2, 0.25) is 0 Å². The van der Waals surface area contributed by atoms with Gasteiger partial charge in [0, 0.05) is 24.5 Å². The Hall–Kier alpha value is -2.50. The molecule has 0 bridgehead atoms. The second-order valence-electron chi connectivity index (χ2n) is 6.26. The van der Waals surface area contributed by atoms with Crippen molar-refractivity contribution in [2.24, 2.45) is 0 Å². The predicted molar refractivity (Wildman–Crippen MR) is 95.7 cm³/mol. The molecule has 1 aliphatic rings. The quantitative estimate of drug-likeness (QED) is 0.731. The molecule has 0 saturated carbocycles. The monoisotopic (exact) mass is 376 g/mol. The maximum absolute atomic E-state index is 12.4. The number of nitrogens with one attached hydrogen (secondary N) is 2. The van der Waals surface area contributed by atoms with Gasteiger partial charge in [-0.05, 0) is 12.5 Å². The molecule has 0 spiro atoms. The van der Waals surface area contributed by atoms with E-state index in [1.807, 2.05) is 6.07 Å². The standard InChI is InChI=1S/C17H15ClF2N6/c18-12-5-24-17-15(11-3-10(4-21)22-6-13(11)25-17)16(12)26-2-1-9(8-26)23-7-14(19)20/h3,5-6,9,14,23H,1-2,7-8H2,(H,24,25)/t9-/m0/s1. The molecule has 0 aliphatic carbocycles. The van der Waals surface area contributed by atoms with Crippen LogP contribution in [0.4, 0.5) is 14.5 Å². The zero-order valence-electron chi connectivity index (χ0n) is 13.6. The molecule has 1 atom stereocenters. The van der Waals surface area contributed by atoms with Gasteiger partial charge in [-0.15, -0.1) is 0 Å². The summed E-state index contributed by atoms with van der Waals surface area (Å²) in [4.78, 5) is 13.7. The molecular formula is C17H15ClF2N6. The van der Waals surface area contributed by atoms with E-state index >= 15 is 0 Å².